The van der Waals surface area contributed by atoms with E-state index in [4.69, 9.17) is 4.74 Å². The number of morpholine rings is 1. The number of halogens is 1. The maximum absolute atomic E-state index is 15.2. The van der Waals surface area contributed by atoms with Gasteiger partial charge in [-0.3, -0.25) is 4.79 Å². The molecular weight excluding hydrogens is 534 g/mol. The van der Waals surface area contributed by atoms with Gasteiger partial charge < -0.3 is 14.5 Å². The molecule has 3 fully saturated rings. The number of ether oxygens (including phenoxy) is 1. The molecule has 2 saturated heterocycles. The van der Waals surface area contributed by atoms with Crippen molar-refractivity contribution in [3.63, 3.8) is 0 Å². The average Bonchev–Trinajstić information content (AvgIpc) is 3.43. The number of hydrogen-bond acceptors (Lipinski definition) is 7. The Morgan fingerprint density at radius 1 is 1.14 bits per heavy atom. The van der Waals surface area contributed by atoms with Crippen LogP contribution in [0.2, 0.25) is 0 Å². The van der Waals surface area contributed by atoms with Crippen molar-refractivity contribution in [3.8, 4) is 0 Å². The molecule has 196 valence electrons. The summed E-state index contributed by atoms with van der Waals surface area (Å²) in [5.74, 6) is 0.0706. The van der Waals surface area contributed by atoms with Crippen LogP contribution in [0.3, 0.4) is 0 Å². The van der Waals surface area contributed by atoms with Crippen LogP contribution in [0.15, 0.2) is 51.4 Å². The Balaban J connectivity index is 1.20. The Labute approximate surface area is 224 Å². The van der Waals surface area contributed by atoms with Crippen LogP contribution in [0.5, 0.6) is 0 Å². The number of piperidine rings is 1. The lowest BCUT2D eigenvalue weighted by atomic mass is 10.2. The first-order valence-corrected chi connectivity index (χ1v) is 15.6. The monoisotopic (exact) mass is 561 g/mol. The lowest BCUT2D eigenvalue weighted by molar-refractivity contribution is 0.0988. The first-order valence-electron chi connectivity index (χ1n) is 12.4. The van der Waals surface area contributed by atoms with Crippen LogP contribution < -0.4 is 9.80 Å². The molecule has 1 aromatic carbocycles. The molecule has 1 amide bonds. The van der Waals surface area contributed by atoms with Gasteiger partial charge in [0.15, 0.2) is 0 Å². The van der Waals surface area contributed by atoms with Crippen LogP contribution in [-0.2, 0) is 14.8 Å². The minimum atomic E-state index is -3.49. The van der Waals surface area contributed by atoms with Crippen molar-refractivity contribution in [3.05, 3.63) is 63.4 Å². The van der Waals surface area contributed by atoms with E-state index in [9.17, 15) is 13.2 Å². The Hall–Kier alpha value is -2.31. The van der Waals surface area contributed by atoms with Gasteiger partial charge >= 0.3 is 0 Å². The fourth-order valence-electron chi connectivity index (χ4n) is 5.52. The Morgan fingerprint density at radius 2 is 1.89 bits per heavy atom. The fourth-order valence-corrected chi connectivity index (χ4v) is 9.09. The second-order valence-electron chi connectivity index (χ2n) is 9.88. The van der Waals surface area contributed by atoms with Crippen molar-refractivity contribution in [2.75, 3.05) is 55.7 Å². The number of thiophene rings is 2. The van der Waals surface area contributed by atoms with Crippen LogP contribution in [0.4, 0.5) is 15.8 Å². The summed E-state index contributed by atoms with van der Waals surface area (Å²) >= 11 is 2.62. The summed E-state index contributed by atoms with van der Waals surface area (Å²) in [7, 11) is -3.49. The number of hydrogen-bond donors (Lipinski definition) is 0. The van der Waals surface area contributed by atoms with E-state index in [1.807, 2.05) is 34.7 Å². The molecule has 4 heterocycles. The van der Waals surface area contributed by atoms with Crippen molar-refractivity contribution < 1.29 is 22.3 Å². The summed E-state index contributed by atoms with van der Waals surface area (Å²) in [6.45, 7) is 5.63. The van der Waals surface area contributed by atoms with Gasteiger partial charge in [0.25, 0.3) is 15.9 Å². The fraction of sp³-hybridized carbons (Fsp3) is 0.423. The number of carbonyl (C=O) groups is 1. The molecule has 0 bridgehead atoms. The highest BCUT2D eigenvalue weighted by Gasteiger charge is 2.58. The molecule has 11 heteroatoms. The van der Waals surface area contributed by atoms with Gasteiger partial charge in [0.05, 0.1) is 23.8 Å². The van der Waals surface area contributed by atoms with Gasteiger partial charge in [0.1, 0.15) is 10.0 Å². The van der Waals surface area contributed by atoms with E-state index >= 15 is 4.39 Å². The molecule has 37 heavy (non-hydrogen) atoms. The third kappa shape index (κ3) is 4.72. The number of fused-ring (bicyclic) bond motifs is 1. The molecule has 3 aromatic rings. The highest BCUT2D eigenvalue weighted by molar-refractivity contribution is 7.91. The third-order valence-electron chi connectivity index (χ3n) is 7.60. The molecule has 6 rings (SSSR count). The maximum Gasteiger partial charge on any atom is 0.268 e. The van der Waals surface area contributed by atoms with E-state index in [1.165, 1.54) is 28.7 Å². The van der Waals surface area contributed by atoms with Gasteiger partial charge in [0.2, 0.25) is 0 Å². The van der Waals surface area contributed by atoms with Gasteiger partial charge in [0, 0.05) is 38.4 Å². The highest BCUT2D eigenvalue weighted by Crippen LogP contribution is 2.53. The number of aryl methyl sites for hydroxylation is 1. The van der Waals surface area contributed by atoms with E-state index in [-0.39, 0.29) is 29.5 Å². The quantitative estimate of drug-likeness (QED) is 0.430. The van der Waals surface area contributed by atoms with Crippen molar-refractivity contribution in [2.24, 2.45) is 17.8 Å². The Morgan fingerprint density at radius 3 is 2.51 bits per heavy atom. The smallest absolute Gasteiger partial charge is 0.268 e. The van der Waals surface area contributed by atoms with Gasteiger partial charge in [-0.05, 0) is 71.3 Å². The van der Waals surface area contributed by atoms with E-state index in [1.54, 1.807) is 27.4 Å². The molecule has 3 aliphatic rings. The highest BCUT2D eigenvalue weighted by atomic mass is 32.2. The van der Waals surface area contributed by atoms with Crippen LogP contribution >= 0.6 is 22.7 Å². The zero-order valence-corrected chi connectivity index (χ0v) is 22.8. The summed E-state index contributed by atoms with van der Waals surface area (Å²) in [6.07, 6.45) is 0. The van der Waals surface area contributed by atoms with Gasteiger partial charge in [-0.1, -0.05) is 6.07 Å². The SMILES string of the molecule is Cc1csc(S(=O)(=O)N2CC3C(CN(C(=O)c4cccs4)c4ccc(N5CCOCC5)c(F)c4)C3C2)c1. The molecule has 7 nitrogen and oxygen atoms in total. The van der Waals surface area contributed by atoms with E-state index in [0.717, 1.165) is 5.56 Å². The average molecular weight is 562 g/mol. The number of amides is 1. The van der Waals surface area contributed by atoms with E-state index in [2.05, 4.69) is 0 Å². The van der Waals surface area contributed by atoms with Gasteiger partial charge in [-0.25, -0.2) is 12.8 Å². The minimum Gasteiger partial charge on any atom is -0.378 e. The van der Waals surface area contributed by atoms with E-state index in [0.29, 0.717) is 66.4 Å². The maximum atomic E-state index is 15.2. The van der Waals surface area contributed by atoms with Crippen molar-refractivity contribution in [1.82, 2.24) is 4.31 Å². The summed E-state index contributed by atoms with van der Waals surface area (Å²) < 4.78 is 48.7. The zero-order chi connectivity index (χ0) is 25.7. The van der Waals surface area contributed by atoms with Crippen LogP contribution in [0.1, 0.15) is 15.2 Å². The number of carbonyl (C=O) groups excluding carboxylic acids is 1. The predicted molar refractivity (Wildman–Crippen MR) is 144 cm³/mol. The van der Waals surface area contributed by atoms with Gasteiger partial charge in [-0.15, -0.1) is 22.7 Å². The molecule has 0 radical (unpaired) electrons. The molecule has 1 saturated carbocycles. The van der Waals surface area contributed by atoms with Crippen LogP contribution in [0.25, 0.3) is 0 Å². The Bertz CT molecular complexity index is 1390. The summed E-state index contributed by atoms with van der Waals surface area (Å²) in [5, 5.41) is 3.71. The molecule has 1 aliphatic carbocycles. The zero-order valence-electron chi connectivity index (χ0n) is 20.4. The van der Waals surface area contributed by atoms with Crippen LogP contribution in [0, 0.1) is 30.5 Å². The topological polar surface area (TPSA) is 70.2 Å². The molecule has 0 N–H and O–H groups in total. The first-order chi connectivity index (χ1) is 17.8. The number of sulfonamides is 1. The second kappa shape index (κ2) is 9.77. The van der Waals surface area contributed by atoms with E-state index < -0.39 is 10.0 Å². The summed E-state index contributed by atoms with van der Waals surface area (Å²) in [5.41, 5.74) is 1.99. The predicted octanol–water partition coefficient (Wildman–Crippen LogP) is 4.31. The summed E-state index contributed by atoms with van der Waals surface area (Å²) in [4.78, 5) is 17.7. The molecular formula is C26H28FN3O4S3. The molecule has 2 unspecified atom stereocenters. The molecule has 0 spiro atoms. The van der Waals surface area contributed by atoms with Gasteiger partial charge in [-0.2, -0.15) is 4.31 Å². The number of rotatable bonds is 7. The lowest BCUT2D eigenvalue weighted by Gasteiger charge is -2.30. The largest absolute Gasteiger partial charge is 0.378 e. The van der Waals surface area contributed by atoms with Crippen molar-refractivity contribution >= 4 is 50.0 Å². The molecule has 2 aliphatic heterocycles. The number of anilines is 2. The van der Waals surface area contributed by atoms with Crippen molar-refractivity contribution in [1.29, 1.82) is 0 Å². The molecule has 2 atom stereocenters. The molecule has 2 aromatic heterocycles. The first kappa shape index (κ1) is 25.0. The normalized spacial score (nSPS) is 23.7. The minimum absolute atomic E-state index is 0.156. The number of nitrogens with zero attached hydrogens (tertiary/aromatic N) is 3. The third-order valence-corrected chi connectivity index (χ3v) is 11.8. The summed E-state index contributed by atoms with van der Waals surface area (Å²) in [6, 6.07) is 10.3. The standard InChI is InChI=1S/C26H28FN3O4S3/c1-17-11-25(36-16-17)37(32,33)29-13-19-20(14-29)21(19)15-30(26(31)24-3-2-10-35-24)18-4-5-23(22(27)12-18)28-6-8-34-9-7-28/h2-5,10-12,16,19-21H,6-9,13-15H2,1H3. The Kier molecular flexibility index (Phi) is 6.60. The lowest BCUT2D eigenvalue weighted by Crippen LogP contribution is -2.37. The van der Waals surface area contributed by atoms with Crippen molar-refractivity contribution in [2.45, 2.75) is 11.1 Å². The van der Waals surface area contributed by atoms with Crippen LogP contribution in [-0.4, -0.2) is 64.6 Å². The number of benzene rings is 1. The second-order valence-corrected chi connectivity index (χ2v) is 13.9.